The summed E-state index contributed by atoms with van der Waals surface area (Å²) >= 11 is 0. The minimum atomic E-state index is -0.0308. The zero-order chi connectivity index (χ0) is 19.0. The van der Waals surface area contributed by atoms with Crippen molar-refractivity contribution >= 4 is 11.6 Å². The lowest BCUT2D eigenvalue weighted by Crippen LogP contribution is -2.41. The van der Waals surface area contributed by atoms with Gasteiger partial charge in [0.1, 0.15) is 0 Å². The summed E-state index contributed by atoms with van der Waals surface area (Å²) in [5, 5.41) is 7.91. The van der Waals surface area contributed by atoms with Gasteiger partial charge in [0.2, 0.25) is 5.91 Å². The van der Waals surface area contributed by atoms with Crippen LogP contribution in [-0.2, 0) is 23.2 Å². The molecule has 2 heterocycles. The van der Waals surface area contributed by atoms with Gasteiger partial charge in [-0.05, 0) is 64.5 Å². The molecule has 5 nitrogen and oxygen atoms in total. The lowest BCUT2D eigenvalue weighted by molar-refractivity contribution is -0.120. The third-order valence-electron chi connectivity index (χ3n) is 5.69. The number of fused-ring (bicyclic) bond motifs is 2. The molecule has 0 spiro atoms. The highest BCUT2D eigenvalue weighted by molar-refractivity contribution is 5.82. The zero-order valence-electron chi connectivity index (χ0n) is 16.7. The summed E-state index contributed by atoms with van der Waals surface area (Å²) in [6.45, 7) is 7.90. The lowest BCUT2D eigenvalue weighted by atomic mass is 9.92. The molecular formula is C22H30N4O. The SMILES string of the molecule is CC(C)(C)n1ncc2c1CCCC2NC(=O)CN1CCCc2ccccc21. The minimum absolute atomic E-state index is 0.0308. The Kier molecular flexibility index (Phi) is 4.70. The molecule has 2 aliphatic rings. The molecule has 0 fully saturated rings. The Bertz CT molecular complexity index is 833. The molecule has 1 aromatic carbocycles. The van der Waals surface area contributed by atoms with Crippen LogP contribution in [0.3, 0.4) is 0 Å². The number of benzene rings is 1. The van der Waals surface area contributed by atoms with Crippen molar-refractivity contribution in [1.29, 1.82) is 0 Å². The number of carbonyl (C=O) groups is 1. The quantitative estimate of drug-likeness (QED) is 0.903. The van der Waals surface area contributed by atoms with E-state index in [1.165, 1.54) is 22.5 Å². The minimum Gasteiger partial charge on any atom is -0.362 e. The third kappa shape index (κ3) is 3.60. The number of hydrogen-bond acceptors (Lipinski definition) is 3. The highest BCUT2D eigenvalue weighted by Gasteiger charge is 2.29. The molecule has 2 aromatic rings. The van der Waals surface area contributed by atoms with Crippen molar-refractivity contribution in [2.75, 3.05) is 18.0 Å². The number of para-hydroxylation sites is 1. The molecule has 0 saturated heterocycles. The number of anilines is 1. The Hall–Kier alpha value is -2.30. The second-order valence-electron chi connectivity index (χ2n) is 8.80. The Morgan fingerprint density at radius 1 is 1.22 bits per heavy atom. The molecule has 1 aliphatic heterocycles. The smallest absolute Gasteiger partial charge is 0.240 e. The monoisotopic (exact) mass is 366 g/mol. The van der Waals surface area contributed by atoms with E-state index in [2.05, 4.69) is 65.0 Å². The van der Waals surface area contributed by atoms with Gasteiger partial charge in [0.05, 0.1) is 24.3 Å². The van der Waals surface area contributed by atoms with E-state index in [1.54, 1.807) is 0 Å². The van der Waals surface area contributed by atoms with E-state index in [0.29, 0.717) is 6.54 Å². The maximum Gasteiger partial charge on any atom is 0.240 e. The van der Waals surface area contributed by atoms with Crippen molar-refractivity contribution in [1.82, 2.24) is 15.1 Å². The first kappa shape index (κ1) is 18.1. The average Bonchev–Trinajstić information content (AvgIpc) is 3.07. The Morgan fingerprint density at radius 3 is 2.85 bits per heavy atom. The van der Waals surface area contributed by atoms with Crippen LogP contribution >= 0.6 is 0 Å². The van der Waals surface area contributed by atoms with Gasteiger partial charge in [0, 0.05) is 23.5 Å². The molecule has 0 bridgehead atoms. The van der Waals surface area contributed by atoms with Gasteiger partial charge in [-0.3, -0.25) is 9.48 Å². The van der Waals surface area contributed by atoms with Gasteiger partial charge in [-0.25, -0.2) is 0 Å². The van der Waals surface area contributed by atoms with Crippen molar-refractivity contribution < 1.29 is 4.79 Å². The number of nitrogens with zero attached hydrogens (tertiary/aromatic N) is 3. The first-order valence-corrected chi connectivity index (χ1v) is 10.1. The number of hydrogen-bond donors (Lipinski definition) is 1. The van der Waals surface area contributed by atoms with Crippen LogP contribution in [0.15, 0.2) is 30.5 Å². The number of carbonyl (C=O) groups excluding carboxylic acids is 1. The summed E-state index contributed by atoms with van der Waals surface area (Å²) in [4.78, 5) is 15.0. The maximum atomic E-state index is 12.8. The van der Waals surface area contributed by atoms with Gasteiger partial charge in [-0.15, -0.1) is 0 Å². The van der Waals surface area contributed by atoms with Crippen LogP contribution in [0.4, 0.5) is 5.69 Å². The van der Waals surface area contributed by atoms with Crippen molar-refractivity contribution in [3.05, 3.63) is 47.3 Å². The first-order valence-electron chi connectivity index (χ1n) is 10.1. The molecule has 1 N–H and O–H groups in total. The molecule has 1 unspecified atom stereocenters. The summed E-state index contributed by atoms with van der Waals surface area (Å²) in [5.74, 6) is 0.105. The molecule has 0 saturated carbocycles. The highest BCUT2D eigenvalue weighted by atomic mass is 16.2. The fourth-order valence-corrected chi connectivity index (χ4v) is 4.47. The topological polar surface area (TPSA) is 50.2 Å². The second-order valence-corrected chi connectivity index (χ2v) is 8.80. The van der Waals surface area contributed by atoms with E-state index < -0.39 is 0 Å². The van der Waals surface area contributed by atoms with E-state index >= 15 is 0 Å². The Balaban J connectivity index is 1.47. The largest absolute Gasteiger partial charge is 0.362 e. The predicted molar refractivity (Wildman–Crippen MR) is 108 cm³/mol. The number of aromatic nitrogens is 2. The number of nitrogens with one attached hydrogen (secondary N) is 1. The van der Waals surface area contributed by atoms with Crippen LogP contribution in [0.25, 0.3) is 0 Å². The van der Waals surface area contributed by atoms with Crippen LogP contribution < -0.4 is 10.2 Å². The summed E-state index contributed by atoms with van der Waals surface area (Å²) in [5.41, 5.74) is 5.01. The average molecular weight is 367 g/mol. The molecule has 4 rings (SSSR count). The highest BCUT2D eigenvalue weighted by Crippen LogP contribution is 2.32. The molecular weight excluding hydrogens is 336 g/mol. The second kappa shape index (κ2) is 7.02. The zero-order valence-corrected chi connectivity index (χ0v) is 16.7. The van der Waals surface area contributed by atoms with E-state index in [0.717, 1.165) is 38.6 Å². The molecule has 0 radical (unpaired) electrons. The summed E-state index contributed by atoms with van der Waals surface area (Å²) in [7, 11) is 0. The number of aryl methyl sites for hydroxylation is 1. The van der Waals surface area contributed by atoms with Gasteiger partial charge < -0.3 is 10.2 Å². The fraction of sp³-hybridized carbons (Fsp3) is 0.545. The van der Waals surface area contributed by atoms with Crippen LogP contribution in [0.5, 0.6) is 0 Å². The summed E-state index contributed by atoms with van der Waals surface area (Å²) < 4.78 is 2.13. The molecule has 1 atom stereocenters. The first-order chi connectivity index (χ1) is 12.9. The molecule has 5 heteroatoms. The van der Waals surface area contributed by atoms with Gasteiger partial charge in [-0.1, -0.05) is 18.2 Å². The van der Waals surface area contributed by atoms with Gasteiger partial charge in [-0.2, -0.15) is 5.10 Å². The van der Waals surface area contributed by atoms with Gasteiger partial charge in [0.15, 0.2) is 0 Å². The number of amides is 1. The maximum absolute atomic E-state index is 12.8. The molecule has 1 aromatic heterocycles. The van der Waals surface area contributed by atoms with E-state index in [4.69, 9.17) is 0 Å². The van der Waals surface area contributed by atoms with Crippen LogP contribution in [-0.4, -0.2) is 28.8 Å². The van der Waals surface area contributed by atoms with E-state index in [1.807, 2.05) is 6.20 Å². The third-order valence-corrected chi connectivity index (χ3v) is 5.69. The lowest BCUT2D eigenvalue weighted by Gasteiger charge is -2.32. The predicted octanol–water partition coefficient (Wildman–Crippen LogP) is 3.58. The Morgan fingerprint density at radius 2 is 2.04 bits per heavy atom. The summed E-state index contributed by atoms with van der Waals surface area (Å²) in [6.07, 6.45) is 7.29. The van der Waals surface area contributed by atoms with Gasteiger partial charge in [0.25, 0.3) is 0 Å². The van der Waals surface area contributed by atoms with Crippen LogP contribution in [0.1, 0.15) is 62.9 Å². The molecule has 27 heavy (non-hydrogen) atoms. The normalized spacial score (nSPS) is 19.4. The Labute approximate surface area is 161 Å². The van der Waals surface area contributed by atoms with Crippen LogP contribution in [0, 0.1) is 0 Å². The molecule has 144 valence electrons. The van der Waals surface area contributed by atoms with Crippen molar-refractivity contribution in [3.63, 3.8) is 0 Å². The van der Waals surface area contributed by atoms with Crippen LogP contribution in [0.2, 0.25) is 0 Å². The van der Waals surface area contributed by atoms with Crippen molar-refractivity contribution in [2.45, 2.75) is 64.5 Å². The number of rotatable bonds is 3. The van der Waals surface area contributed by atoms with Crippen molar-refractivity contribution in [3.8, 4) is 0 Å². The van der Waals surface area contributed by atoms with E-state index in [9.17, 15) is 4.79 Å². The standard InChI is InChI=1S/C22H30N4O/c1-22(2,3)26-20-12-6-10-18(17(20)14-23-26)24-21(27)15-25-13-7-9-16-8-4-5-11-19(16)25/h4-5,8,11,14,18H,6-7,9-10,12-13,15H2,1-3H3,(H,24,27). The molecule has 1 aliphatic carbocycles. The van der Waals surface area contributed by atoms with Crippen molar-refractivity contribution in [2.24, 2.45) is 0 Å². The van der Waals surface area contributed by atoms with E-state index in [-0.39, 0.29) is 17.5 Å². The molecule has 1 amide bonds. The van der Waals surface area contributed by atoms with Gasteiger partial charge >= 0.3 is 0 Å². The fourth-order valence-electron chi connectivity index (χ4n) is 4.47. The summed E-state index contributed by atoms with van der Waals surface area (Å²) in [6, 6.07) is 8.53.